The fourth-order valence-corrected chi connectivity index (χ4v) is 2.76. The van der Waals surface area contributed by atoms with Crippen molar-refractivity contribution in [2.24, 2.45) is 11.7 Å². The summed E-state index contributed by atoms with van der Waals surface area (Å²) >= 11 is 0. The predicted octanol–water partition coefficient (Wildman–Crippen LogP) is 1.02. The number of benzene rings is 1. The van der Waals surface area contributed by atoms with Crippen molar-refractivity contribution < 1.29 is 14.3 Å². The SMILES string of the molecule is CC(N)C1CCN(C(=O)C2COc3ccccc3O2)C1. The standard InChI is InChI=1S/C15H20N2O3/c1-10(16)11-6-7-17(8-11)15(18)14-9-19-12-4-2-3-5-13(12)20-14/h2-5,10-11,14H,6-9,16H2,1H3. The molecule has 3 unspecified atom stereocenters. The molecule has 1 aromatic rings. The first kappa shape index (κ1) is 13.2. The number of amides is 1. The van der Waals surface area contributed by atoms with Crippen LogP contribution in [0.4, 0.5) is 0 Å². The maximum atomic E-state index is 12.5. The molecule has 0 radical (unpaired) electrons. The van der Waals surface area contributed by atoms with Crippen molar-refractivity contribution in [2.45, 2.75) is 25.5 Å². The number of fused-ring (bicyclic) bond motifs is 1. The van der Waals surface area contributed by atoms with Gasteiger partial charge in [0.1, 0.15) is 6.61 Å². The Hall–Kier alpha value is -1.75. The first-order chi connectivity index (χ1) is 9.65. The van der Waals surface area contributed by atoms with Gasteiger partial charge in [-0.05, 0) is 31.4 Å². The third kappa shape index (κ3) is 2.45. The molecule has 2 aliphatic heterocycles. The van der Waals surface area contributed by atoms with Crippen molar-refractivity contribution in [2.75, 3.05) is 19.7 Å². The summed E-state index contributed by atoms with van der Waals surface area (Å²) in [7, 11) is 0. The second-order valence-electron chi connectivity index (χ2n) is 5.56. The molecule has 2 heterocycles. The molecule has 0 aliphatic carbocycles. The Morgan fingerprint density at radius 2 is 2.15 bits per heavy atom. The van der Waals surface area contributed by atoms with Crippen LogP contribution in [0.3, 0.4) is 0 Å². The molecule has 3 atom stereocenters. The minimum atomic E-state index is -0.545. The number of nitrogens with zero attached hydrogens (tertiary/aromatic N) is 1. The van der Waals surface area contributed by atoms with E-state index in [-0.39, 0.29) is 18.6 Å². The fourth-order valence-electron chi connectivity index (χ4n) is 2.76. The Balaban J connectivity index is 1.65. The fraction of sp³-hybridized carbons (Fsp3) is 0.533. The van der Waals surface area contributed by atoms with Crippen LogP contribution in [0.15, 0.2) is 24.3 Å². The van der Waals surface area contributed by atoms with E-state index in [1.807, 2.05) is 36.1 Å². The van der Waals surface area contributed by atoms with E-state index in [1.165, 1.54) is 0 Å². The van der Waals surface area contributed by atoms with E-state index in [9.17, 15) is 4.79 Å². The maximum Gasteiger partial charge on any atom is 0.267 e. The molecule has 3 rings (SSSR count). The molecular formula is C15H20N2O3. The van der Waals surface area contributed by atoms with E-state index in [0.717, 1.165) is 19.5 Å². The van der Waals surface area contributed by atoms with Gasteiger partial charge in [0.2, 0.25) is 6.10 Å². The van der Waals surface area contributed by atoms with Gasteiger partial charge in [0.05, 0.1) is 0 Å². The number of carbonyl (C=O) groups is 1. The molecule has 0 bridgehead atoms. The Kier molecular flexibility index (Phi) is 3.53. The summed E-state index contributed by atoms with van der Waals surface area (Å²) in [5, 5.41) is 0. The third-order valence-corrected chi connectivity index (χ3v) is 4.06. The lowest BCUT2D eigenvalue weighted by Gasteiger charge is -2.29. The Bertz CT molecular complexity index is 504. The van der Waals surface area contributed by atoms with Gasteiger partial charge in [-0.1, -0.05) is 12.1 Å². The van der Waals surface area contributed by atoms with Gasteiger partial charge in [0.15, 0.2) is 11.5 Å². The minimum absolute atomic E-state index is 0.00246. The molecule has 1 amide bonds. The summed E-state index contributed by atoms with van der Waals surface area (Å²) in [6.07, 6.45) is 0.421. The van der Waals surface area contributed by atoms with Gasteiger partial charge in [0.25, 0.3) is 5.91 Å². The Morgan fingerprint density at radius 3 is 2.85 bits per heavy atom. The van der Waals surface area contributed by atoms with Crippen molar-refractivity contribution in [3.63, 3.8) is 0 Å². The van der Waals surface area contributed by atoms with Gasteiger partial charge < -0.3 is 20.1 Å². The molecule has 1 saturated heterocycles. The molecule has 20 heavy (non-hydrogen) atoms. The van der Waals surface area contributed by atoms with Crippen molar-refractivity contribution in [1.29, 1.82) is 0 Å². The van der Waals surface area contributed by atoms with Gasteiger partial charge in [-0.25, -0.2) is 0 Å². The van der Waals surface area contributed by atoms with Crippen LogP contribution in [0, 0.1) is 5.92 Å². The lowest BCUT2D eigenvalue weighted by molar-refractivity contribution is -0.140. The number of hydrogen-bond donors (Lipinski definition) is 1. The first-order valence-corrected chi connectivity index (χ1v) is 7.08. The molecule has 1 fully saturated rings. The molecule has 0 aromatic heterocycles. The second-order valence-corrected chi connectivity index (χ2v) is 5.56. The van der Waals surface area contributed by atoms with E-state index < -0.39 is 6.10 Å². The highest BCUT2D eigenvalue weighted by atomic mass is 16.6. The third-order valence-electron chi connectivity index (χ3n) is 4.06. The minimum Gasteiger partial charge on any atom is -0.485 e. The van der Waals surface area contributed by atoms with Gasteiger partial charge in [0, 0.05) is 19.1 Å². The zero-order chi connectivity index (χ0) is 14.1. The number of rotatable bonds is 2. The molecule has 5 heteroatoms. The second kappa shape index (κ2) is 5.32. The molecule has 108 valence electrons. The maximum absolute atomic E-state index is 12.5. The van der Waals surface area contributed by atoms with Gasteiger partial charge in [-0.15, -0.1) is 0 Å². The highest BCUT2D eigenvalue weighted by Crippen LogP contribution is 2.31. The molecular weight excluding hydrogens is 256 g/mol. The van der Waals surface area contributed by atoms with Crippen LogP contribution < -0.4 is 15.2 Å². The number of para-hydroxylation sites is 2. The van der Waals surface area contributed by atoms with E-state index in [2.05, 4.69) is 0 Å². The summed E-state index contributed by atoms with van der Waals surface area (Å²) in [6, 6.07) is 7.55. The van der Waals surface area contributed by atoms with Crippen molar-refractivity contribution >= 4 is 5.91 Å². The van der Waals surface area contributed by atoms with Crippen LogP contribution in [-0.2, 0) is 4.79 Å². The topological polar surface area (TPSA) is 64.8 Å². The molecule has 2 aliphatic rings. The van der Waals surface area contributed by atoms with Crippen LogP contribution in [0.1, 0.15) is 13.3 Å². The van der Waals surface area contributed by atoms with Gasteiger partial charge >= 0.3 is 0 Å². The smallest absolute Gasteiger partial charge is 0.267 e. The number of nitrogens with two attached hydrogens (primary N) is 1. The largest absolute Gasteiger partial charge is 0.485 e. The van der Waals surface area contributed by atoms with Crippen LogP contribution in [-0.4, -0.2) is 42.6 Å². The molecule has 0 spiro atoms. The zero-order valence-corrected chi connectivity index (χ0v) is 11.6. The van der Waals surface area contributed by atoms with Gasteiger partial charge in [-0.3, -0.25) is 4.79 Å². The lowest BCUT2D eigenvalue weighted by Crippen LogP contribution is -2.46. The normalized spacial score (nSPS) is 26.4. The van der Waals surface area contributed by atoms with E-state index >= 15 is 0 Å². The van der Waals surface area contributed by atoms with E-state index in [0.29, 0.717) is 17.4 Å². The monoisotopic (exact) mass is 276 g/mol. The summed E-state index contributed by atoms with van der Waals surface area (Å²) < 4.78 is 11.3. The van der Waals surface area contributed by atoms with E-state index in [4.69, 9.17) is 15.2 Å². The molecule has 2 N–H and O–H groups in total. The van der Waals surface area contributed by atoms with Crippen LogP contribution >= 0.6 is 0 Å². The van der Waals surface area contributed by atoms with Gasteiger partial charge in [-0.2, -0.15) is 0 Å². The predicted molar refractivity (Wildman–Crippen MR) is 74.7 cm³/mol. The Morgan fingerprint density at radius 1 is 1.40 bits per heavy atom. The Labute approximate surface area is 118 Å². The van der Waals surface area contributed by atoms with Crippen LogP contribution in [0.25, 0.3) is 0 Å². The average molecular weight is 276 g/mol. The average Bonchev–Trinajstić information content (AvgIpc) is 2.96. The van der Waals surface area contributed by atoms with Crippen LogP contribution in [0.5, 0.6) is 11.5 Å². The van der Waals surface area contributed by atoms with Crippen molar-refractivity contribution in [3.8, 4) is 11.5 Å². The van der Waals surface area contributed by atoms with Crippen LogP contribution in [0.2, 0.25) is 0 Å². The first-order valence-electron chi connectivity index (χ1n) is 7.08. The molecule has 1 aromatic carbocycles. The number of hydrogen-bond acceptors (Lipinski definition) is 4. The molecule has 0 saturated carbocycles. The highest BCUT2D eigenvalue weighted by Gasteiger charge is 2.35. The highest BCUT2D eigenvalue weighted by molar-refractivity contribution is 5.82. The van der Waals surface area contributed by atoms with Crippen molar-refractivity contribution in [3.05, 3.63) is 24.3 Å². The molecule has 5 nitrogen and oxygen atoms in total. The summed E-state index contributed by atoms with van der Waals surface area (Å²) in [5.41, 5.74) is 5.91. The summed E-state index contributed by atoms with van der Waals surface area (Å²) in [6.45, 7) is 3.74. The van der Waals surface area contributed by atoms with E-state index in [1.54, 1.807) is 0 Å². The quantitative estimate of drug-likeness (QED) is 0.876. The summed E-state index contributed by atoms with van der Waals surface area (Å²) in [5.74, 6) is 1.73. The number of carbonyl (C=O) groups excluding carboxylic acids is 1. The van der Waals surface area contributed by atoms with Crippen molar-refractivity contribution in [1.82, 2.24) is 4.90 Å². The number of likely N-dealkylation sites (tertiary alicyclic amines) is 1. The lowest BCUT2D eigenvalue weighted by atomic mass is 10.0. The zero-order valence-electron chi connectivity index (χ0n) is 11.6. The number of ether oxygens (including phenoxy) is 2. The summed E-state index contributed by atoms with van der Waals surface area (Å²) in [4.78, 5) is 14.3.